The van der Waals surface area contributed by atoms with E-state index in [1.165, 1.54) is 6.07 Å². The van der Waals surface area contributed by atoms with Gasteiger partial charge in [0.2, 0.25) is 5.91 Å². The molecule has 1 amide bonds. The third-order valence-corrected chi connectivity index (χ3v) is 5.41. The highest BCUT2D eigenvalue weighted by atomic mass is 19.1. The maximum Gasteiger partial charge on any atom is 0.224 e. The molecule has 6 heteroatoms. The number of aryl methyl sites for hydroxylation is 1. The summed E-state index contributed by atoms with van der Waals surface area (Å²) in [5.74, 6) is 0.770. The molecule has 0 unspecified atom stereocenters. The summed E-state index contributed by atoms with van der Waals surface area (Å²) in [4.78, 5) is 16.1. The summed E-state index contributed by atoms with van der Waals surface area (Å²) >= 11 is 0. The summed E-state index contributed by atoms with van der Waals surface area (Å²) in [6.45, 7) is 5.47. The van der Waals surface area contributed by atoms with Crippen LogP contribution in [0.1, 0.15) is 18.4 Å². The quantitative estimate of drug-likeness (QED) is 0.778. The number of ether oxygens (including phenoxy) is 1. The van der Waals surface area contributed by atoms with Crippen molar-refractivity contribution in [1.29, 1.82) is 0 Å². The van der Waals surface area contributed by atoms with Crippen LogP contribution in [0.3, 0.4) is 0 Å². The van der Waals surface area contributed by atoms with Gasteiger partial charge in [0.1, 0.15) is 11.6 Å². The first kappa shape index (κ1) is 18.7. The van der Waals surface area contributed by atoms with Crippen molar-refractivity contribution in [1.82, 2.24) is 4.90 Å². The number of hydrogen-bond acceptors (Lipinski definition) is 4. The van der Waals surface area contributed by atoms with Crippen LogP contribution in [-0.4, -0.2) is 50.1 Å². The van der Waals surface area contributed by atoms with Crippen molar-refractivity contribution in [3.63, 3.8) is 0 Å². The zero-order valence-electron chi connectivity index (χ0n) is 16.0. The molecule has 0 bridgehead atoms. The number of amides is 1. The van der Waals surface area contributed by atoms with E-state index in [2.05, 4.69) is 15.1 Å². The number of benzene rings is 2. The molecule has 2 aromatic rings. The zero-order valence-corrected chi connectivity index (χ0v) is 16.0. The van der Waals surface area contributed by atoms with Crippen LogP contribution in [0, 0.1) is 5.82 Å². The topological polar surface area (TPSA) is 44.8 Å². The molecule has 0 spiro atoms. The smallest absolute Gasteiger partial charge is 0.224 e. The first-order valence-electron chi connectivity index (χ1n) is 9.96. The largest absolute Gasteiger partial charge is 0.494 e. The molecule has 28 heavy (non-hydrogen) atoms. The second-order valence-corrected chi connectivity index (χ2v) is 7.38. The van der Waals surface area contributed by atoms with Crippen molar-refractivity contribution in [3.05, 3.63) is 53.8 Å². The maximum atomic E-state index is 13.4. The van der Waals surface area contributed by atoms with Crippen LogP contribution < -0.4 is 15.0 Å². The highest BCUT2D eigenvalue weighted by Gasteiger charge is 2.17. The average Bonchev–Trinajstić information content (AvgIpc) is 2.72. The molecule has 2 aliphatic heterocycles. The molecule has 4 rings (SSSR count). The molecule has 148 valence electrons. The summed E-state index contributed by atoms with van der Waals surface area (Å²) < 4.78 is 19.3. The number of hydrogen-bond donors (Lipinski definition) is 1. The van der Waals surface area contributed by atoms with E-state index in [0.717, 1.165) is 68.3 Å². The maximum absolute atomic E-state index is 13.4. The minimum absolute atomic E-state index is 0.0821. The van der Waals surface area contributed by atoms with Crippen LogP contribution in [-0.2, 0) is 11.2 Å². The number of piperazine rings is 1. The number of rotatable bonds is 6. The van der Waals surface area contributed by atoms with Gasteiger partial charge >= 0.3 is 0 Å². The van der Waals surface area contributed by atoms with Gasteiger partial charge in [0.25, 0.3) is 0 Å². The predicted molar refractivity (Wildman–Crippen MR) is 109 cm³/mol. The summed E-state index contributed by atoms with van der Waals surface area (Å²) in [5.41, 5.74) is 3.01. The average molecular weight is 383 g/mol. The van der Waals surface area contributed by atoms with Crippen molar-refractivity contribution in [2.75, 3.05) is 49.5 Å². The normalized spacial score (nSPS) is 17.2. The predicted octanol–water partition coefficient (Wildman–Crippen LogP) is 3.30. The molecular formula is C22H26FN3O2. The van der Waals surface area contributed by atoms with Gasteiger partial charge in [-0.25, -0.2) is 4.39 Å². The summed E-state index contributed by atoms with van der Waals surface area (Å²) in [7, 11) is 0. The van der Waals surface area contributed by atoms with Gasteiger partial charge in [0, 0.05) is 50.5 Å². The van der Waals surface area contributed by atoms with Crippen molar-refractivity contribution < 1.29 is 13.9 Å². The number of fused-ring (bicyclic) bond motifs is 1. The Labute approximate surface area is 165 Å². The van der Waals surface area contributed by atoms with Gasteiger partial charge in [0.15, 0.2) is 0 Å². The molecule has 0 atom stereocenters. The van der Waals surface area contributed by atoms with E-state index in [1.54, 1.807) is 12.1 Å². The van der Waals surface area contributed by atoms with E-state index in [-0.39, 0.29) is 11.7 Å². The lowest BCUT2D eigenvalue weighted by atomic mass is 10.0. The lowest BCUT2D eigenvalue weighted by molar-refractivity contribution is -0.116. The molecular weight excluding hydrogens is 357 g/mol. The Bertz CT molecular complexity index is 834. The number of anilines is 2. The second kappa shape index (κ2) is 8.61. The number of carbonyl (C=O) groups excluding carboxylic acids is 1. The summed E-state index contributed by atoms with van der Waals surface area (Å²) in [6, 6.07) is 12.7. The van der Waals surface area contributed by atoms with Crippen LogP contribution in [0.2, 0.25) is 0 Å². The van der Waals surface area contributed by atoms with Crippen LogP contribution >= 0.6 is 0 Å². The Balaban J connectivity index is 1.18. The third kappa shape index (κ3) is 4.62. The summed E-state index contributed by atoms with van der Waals surface area (Å²) in [5, 5.41) is 2.89. The minimum Gasteiger partial charge on any atom is -0.494 e. The number of carbonyl (C=O) groups is 1. The lowest BCUT2D eigenvalue weighted by Crippen LogP contribution is -2.46. The monoisotopic (exact) mass is 383 g/mol. The van der Waals surface area contributed by atoms with Gasteiger partial charge in [-0.3, -0.25) is 9.69 Å². The first-order chi connectivity index (χ1) is 13.7. The molecule has 2 heterocycles. The van der Waals surface area contributed by atoms with Gasteiger partial charge in [-0.15, -0.1) is 0 Å². The Hall–Kier alpha value is -2.60. The minimum atomic E-state index is -0.179. The van der Waals surface area contributed by atoms with E-state index in [4.69, 9.17) is 4.74 Å². The van der Waals surface area contributed by atoms with E-state index in [9.17, 15) is 9.18 Å². The molecule has 5 nitrogen and oxygen atoms in total. The molecule has 1 fully saturated rings. The first-order valence-corrected chi connectivity index (χ1v) is 9.96. The van der Waals surface area contributed by atoms with Crippen LogP contribution in [0.15, 0.2) is 42.5 Å². The number of nitrogens with zero attached hydrogens (tertiary/aromatic N) is 2. The Morgan fingerprint density at radius 1 is 1.04 bits per heavy atom. The van der Waals surface area contributed by atoms with Gasteiger partial charge in [-0.2, -0.15) is 0 Å². The molecule has 0 saturated carbocycles. The van der Waals surface area contributed by atoms with E-state index >= 15 is 0 Å². The SMILES string of the molecule is O=C1CCc2cc(OCCCN3CCN(c4cccc(F)c4)CC3)ccc2N1. The van der Waals surface area contributed by atoms with E-state index < -0.39 is 0 Å². The Morgan fingerprint density at radius 3 is 2.71 bits per heavy atom. The Morgan fingerprint density at radius 2 is 1.89 bits per heavy atom. The zero-order chi connectivity index (χ0) is 19.3. The molecule has 2 aliphatic rings. The van der Waals surface area contributed by atoms with Crippen molar-refractivity contribution in [2.45, 2.75) is 19.3 Å². The molecule has 0 radical (unpaired) electrons. The molecule has 0 aromatic heterocycles. The molecule has 1 saturated heterocycles. The fraction of sp³-hybridized carbons (Fsp3) is 0.409. The third-order valence-electron chi connectivity index (χ3n) is 5.41. The highest BCUT2D eigenvalue weighted by Crippen LogP contribution is 2.26. The van der Waals surface area contributed by atoms with Crippen LogP contribution in [0.4, 0.5) is 15.8 Å². The van der Waals surface area contributed by atoms with Crippen molar-refractivity contribution >= 4 is 17.3 Å². The fourth-order valence-corrected chi connectivity index (χ4v) is 3.83. The number of nitrogens with one attached hydrogen (secondary N) is 1. The van der Waals surface area contributed by atoms with Crippen molar-refractivity contribution in [3.8, 4) is 5.75 Å². The van der Waals surface area contributed by atoms with Gasteiger partial charge < -0.3 is 15.0 Å². The van der Waals surface area contributed by atoms with Crippen LogP contribution in [0.25, 0.3) is 0 Å². The Kier molecular flexibility index (Phi) is 5.76. The fourth-order valence-electron chi connectivity index (χ4n) is 3.83. The highest BCUT2D eigenvalue weighted by molar-refractivity contribution is 5.93. The van der Waals surface area contributed by atoms with E-state index in [1.807, 2.05) is 24.3 Å². The van der Waals surface area contributed by atoms with Gasteiger partial charge in [-0.05, 0) is 54.8 Å². The lowest BCUT2D eigenvalue weighted by Gasteiger charge is -2.36. The standard InChI is InChI=1S/C22H26FN3O2/c23-18-3-1-4-19(16-18)26-12-10-25(11-13-26)9-2-14-28-20-6-7-21-17(15-20)5-8-22(27)24-21/h1,3-4,6-7,15-16H,2,5,8-14H2,(H,24,27). The second-order valence-electron chi connectivity index (χ2n) is 7.38. The molecule has 2 aromatic carbocycles. The molecule has 0 aliphatic carbocycles. The summed E-state index contributed by atoms with van der Waals surface area (Å²) in [6.07, 6.45) is 2.28. The van der Waals surface area contributed by atoms with E-state index in [0.29, 0.717) is 13.0 Å². The van der Waals surface area contributed by atoms with Crippen molar-refractivity contribution in [2.24, 2.45) is 0 Å². The van der Waals surface area contributed by atoms with Crippen LogP contribution in [0.5, 0.6) is 5.75 Å². The van der Waals surface area contributed by atoms with Gasteiger partial charge in [-0.1, -0.05) is 6.07 Å². The number of halogens is 1. The van der Waals surface area contributed by atoms with Gasteiger partial charge in [0.05, 0.1) is 6.61 Å². The molecule has 1 N–H and O–H groups in total.